The topological polar surface area (TPSA) is 79.7 Å². The first-order valence-corrected chi connectivity index (χ1v) is 12.1. The highest BCUT2D eigenvalue weighted by molar-refractivity contribution is 6.11. The predicted molar refractivity (Wildman–Crippen MR) is 136 cm³/mol. The van der Waals surface area contributed by atoms with E-state index in [9.17, 15) is 27.2 Å². The Hall–Kier alpha value is -4.59. The van der Waals surface area contributed by atoms with Crippen LogP contribution in [-0.4, -0.2) is 48.9 Å². The number of rotatable bonds is 5. The molecule has 2 amide bonds. The molecule has 0 atom stereocenters. The summed E-state index contributed by atoms with van der Waals surface area (Å²) in [6, 6.07) is 17.4. The average molecular weight is 538 g/mol. The fraction of sp³-hybridized carbons (Fsp3) is 0.250. The standard InChI is InChI=1S/C28H23F4N5O2/c1-34-21-3-2-4-22(12-21)35-16-27(17-35)26(39)36(24-10-7-19(13-33)11-23(24)29)15-25(38)37(27)14-18-5-8-20(9-6-18)28(30,31)32/h2-12,34H,14-17H2,1H3. The van der Waals surface area contributed by atoms with E-state index < -0.39 is 41.5 Å². The summed E-state index contributed by atoms with van der Waals surface area (Å²) in [5.74, 6) is -1.78. The Morgan fingerprint density at radius 1 is 1.03 bits per heavy atom. The third-order valence-corrected chi connectivity index (χ3v) is 7.15. The van der Waals surface area contributed by atoms with E-state index in [1.54, 1.807) is 7.05 Å². The number of carbonyl (C=O) groups is 2. The maximum absolute atomic E-state index is 14.9. The van der Waals surface area contributed by atoms with Crippen molar-refractivity contribution < 1.29 is 27.2 Å². The molecule has 0 saturated carbocycles. The summed E-state index contributed by atoms with van der Waals surface area (Å²) in [6.45, 7) is -0.310. The van der Waals surface area contributed by atoms with E-state index in [1.165, 1.54) is 29.2 Å². The lowest BCUT2D eigenvalue weighted by molar-refractivity contribution is -0.153. The van der Waals surface area contributed by atoms with Gasteiger partial charge in [0.05, 0.1) is 36.0 Å². The smallest absolute Gasteiger partial charge is 0.388 e. The molecule has 2 fully saturated rings. The fourth-order valence-corrected chi connectivity index (χ4v) is 5.04. The van der Waals surface area contributed by atoms with Crippen LogP contribution in [0.25, 0.3) is 0 Å². The highest BCUT2D eigenvalue weighted by atomic mass is 19.4. The van der Waals surface area contributed by atoms with Crippen LogP contribution in [0.15, 0.2) is 66.7 Å². The highest BCUT2D eigenvalue weighted by Gasteiger charge is 2.60. The number of nitriles is 1. The lowest BCUT2D eigenvalue weighted by Gasteiger charge is -2.58. The first kappa shape index (κ1) is 26.0. The molecule has 200 valence electrons. The maximum Gasteiger partial charge on any atom is 0.416 e. The Morgan fingerprint density at radius 3 is 2.36 bits per heavy atom. The van der Waals surface area contributed by atoms with Gasteiger partial charge in [0.25, 0.3) is 5.91 Å². The van der Waals surface area contributed by atoms with Crippen LogP contribution in [0, 0.1) is 17.1 Å². The Balaban J connectivity index is 1.49. The molecule has 3 aromatic carbocycles. The molecule has 0 bridgehead atoms. The van der Waals surface area contributed by atoms with Crippen molar-refractivity contribution in [2.45, 2.75) is 18.3 Å². The van der Waals surface area contributed by atoms with Crippen molar-refractivity contribution in [1.82, 2.24) is 4.90 Å². The number of piperazine rings is 1. The van der Waals surface area contributed by atoms with Crippen molar-refractivity contribution >= 4 is 28.9 Å². The minimum absolute atomic E-state index is 0.0740. The zero-order chi connectivity index (χ0) is 27.9. The molecule has 0 aromatic heterocycles. The molecule has 5 rings (SSSR count). The van der Waals surface area contributed by atoms with Gasteiger partial charge >= 0.3 is 6.18 Å². The summed E-state index contributed by atoms with van der Waals surface area (Å²) in [5.41, 5.74) is -0.137. The van der Waals surface area contributed by atoms with Gasteiger partial charge in [-0.1, -0.05) is 18.2 Å². The van der Waals surface area contributed by atoms with Crippen molar-refractivity contribution in [1.29, 1.82) is 5.26 Å². The van der Waals surface area contributed by atoms with Gasteiger partial charge in [0.15, 0.2) is 5.54 Å². The normalized spacial score (nSPS) is 16.8. The molecular weight excluding hydrogens is 514 g/mol. The SMILES string of the molecule is CNc1cccc(N2CC3(C2)C(=O)N(c2ccc(C#N)cc2F)CC(=O)N3Cc2ccc(C(F)(F)F)cc2)c1. The van der Waals surface area contributed by atoms with Gasteiger partial charge < -0.3 is 15.1 Å². The molecule has 2 aliphatic rings. The average Bonchev–Trinajstić information content (AvgIpc) is 2.89. The van der Waals surface area contributed by atoms with Gasteiger partial charge in [0.1, 0.15) is 12.4 Å². The van der Waals surface area contributed by atoms with Crippen LogP contribution in [0.5, 0.6) is 0 Å². The van der Waals surface area contributed by atoms with Crippen LogP contribution in [0.3, 0.4) is 0 Å². The molecule has 0 radical (unpaired) electrons. The van der Waals surface area contributed by atoms with E-state index in [0.29, 0.717) is 5.56 Å². The van der Waals surface area contributed by atoms with Gasteiger partial charge in [0.2, 0.25) is 5.91 Å². The summed E-state index contributed by atoms with van der Waals surface area (Å²) < 4.78 is 54.1. The molecule has 2 saturated heterocycles. The Kier molecular flexibility index (Phi) is 6.42. The number of halogens is 4. The van der Waals surface area contributed by atoms with E-state index in [1.807, 2.05) is 35.2 Å². The van der Waals surface area contributed by atoms with Crippen LogP contribution in [-0.2, 0) is 22.3 Å². The van der Waals surface area contributed by atoms with Crippen molar-refractivity contribution in [3.05, 3.63) is 89.2 Å². The first-order valence-electron chi connectivity index (χ1n) is 12.1. The van der Waals surface area contributed by atoms with E-state index in [-0.39, 0.29) is 30.9 Å². The van der Waals surface area contributed by atoms with E-state index in [4.69, 9.17) is 5.26 Å². The highest BCUT2D eigenvalue weighted by Crippen LogP contribution is 2.40. The fourth-order valence-electron chi connectivity index (χ4n) is 5.04. The van der Waals surface area contributed by atoms with Gasteiger partial charge in [-0.2, -0.15) is 18.4 Å². The second kappa shape index (κ2) is 9.62. The maximum atomic E-state index is 14.9. The first-order chi connectivity index (χ1) is 18.6. The monoisotopic (exact) mass is 537 g/mol. The second-order valence-corrected chi connectivity index (χ2v) is 9.53. The minimum atomic E-state index is -4.50. The second-order valence-electron chi connectivity index (χ2n) is 9.53. The number of anilines is 3. The Labute approximate surface area is 221 Å². The lowest BCUT2D eigenvalue weighted by atomic mass is 9.82. The zero-order valence-electron chi connectivity index (χ0n) is 20.8. The summed E-state index contributed by atoms with van der Waals surface area (Å²) >= 11 is 0. The minimum Gasteiger partial charge on any atom is -0.388 e. The zero-order valence-corrected chi connectivity index (χ0v) is 20.8. The van der Waals surface area contributed by atoms with Gasteiger partial charge in [-0.3, -0.25) is 14.5 Å². The van der Waals surface area contributed by atoms with E-state index in [0.717, 1.165) is 34.5 Å². The van der Waals surface area contributed by atoms with E-state index in [2.05, 4.69) is 5.32 Å². The number of hydrogen-bond acceptors (Lipinski definition) is 5. The number of hydrogen-bond donors (Lipinski definition) is 1. The Bertz CT molecular complexity index is 1480. The van der Waals surface area contributed by atoms with Crippen LogP contribution in [0.4, 0.5) is 34.6 Å². The molecule has 1 N–H and O–H groups in total. The number of nitrogens with zero attached hydrogens (tertiary/aromatic N) is 4. The predicted octanol–water partition coefficient (Wildman–Crippen LogP) is 4.39. The van der Waals surface area contributed by atoms with E-state index >= 15 is 0 Å². The molecule has 7 nitrogen and oxygen atoms in total. The molecular formula is C28H23F4N5O2. The number of alkyl halides is 3. The molecule has 11 heteroatoms. The summed E-state index contributed by atoms with van der Waals surface area (Å²) in [5, 5.41) is 12.1. The molecule has 1 spiro atoms. The lowest BCUT2D eigenvalue weighted by Crippen LogP contribution is -2.81. The largest absolute Gasteiger partial charge is 0.416 e. The van der Waals surface area contributed by atoms with Crippen molar-refractivity contribution in [3.8, 4) is 6.07 Å². The van der Waals surface area contributed by atoms with Gasteiger partial charge in [-0.25, -0.2) is 4.39 Å². The number of amides is 2. The molecule has 0 aliphatic carbocycles. The number of carbonyl (C=O) groups excluding carboxylic acids is 2. The Morgan fingerprint density at radius 2 is 1.74 bits per heavy atom. The van der Waals surface area contributed by atoms with Crippen LogP contribution in [0.1, 0.15) is 16.7 Å². The molecule has 3 aromatic rings. The molecule has 0 unspecified atom stereocenters. The summed E-state index contributed by atoms with van der Waals surface area (Å²) in [6.07, 6.45) is -4.50. The summed E-state index contributed by atoms with van der Waals surface area (Å²) in [4.78, 5) is 31.8. The quantitative estimate of drug-likeness (QED) is 0.489. The molecule has 39 heavy (non-hydrogen) atoms. The van der Waals surface area contributed by atoms with Crippen molar-refractivity contribution in [3.63, 3.8) is 0 Å². The van der Waals surface area contributed by atoms with Crippen molar-refractivity contribution in [2.75, 3.05) is 41.8 Å². The third-order valence-electron chi connectivity index (χ3n) is 7.15. The van der Waals surface area contributed by atoms with Crippen molar-refractivity contribution in [2.24, 2.45) is 0 Å². The van der Waals surface area contributed by atoms with Crippen LogP contribution in [0.2, 0.25) is 0 Å². The van der Waals surface area contributed by atoms with Gasteiger partial charge in [-0.15, -0.1) is 0 Å². The number of nitrogens with one attached hydrogen (secondary N) is 1. The van der Waals surface area contributed by atoms with Gasteiger partial charge in [0, 0.05) is 25.0 Å². The summed E-state index contributed by atoms with van der Waals surface area (Å²) in [7, 11) is 1.77. The van der Waals surface area contributed by atoms with Crippen LogP contribution < -0.4 is 15.1 Å². The molecule has 2 heterocycles. The third kappa shape index (κ3) is 4.63. The van der Waals surface area contributed by atoms with Gasteiger partial charge in [-0.05, 0) is 54.1 Å². The number of benzene rings is 3. The van der Waals surface area contributed by atoms with Crippen LogP contribution >= 0.6 is 0 Å². The molecule has 2 aliphatic heterocycles.